The van der Waals surface area contributed by atoms with Crippen molar-refractivity contribution in [2.75, 3.05) is 27.3 Å². The molecule has 1 saturated heterocycles. The van der Waals surface area contributed by atoms with Crippen LogP contribution in [-0.4, -0.2) is 43.3 Å². The number of piperidine rings is 1. The highest BCUT2D eigenvalue weighted by molar-refractivity contribution is 6.30. The van der Waals surface area contributed by atoms with Crippen LogP contribution in [0.5, 0.6) is 11.5 Å². The Balaban J connectivity index is 2.07. The third kappa shape index (κ3) is 4.37. The summed E-state index contributed by atoms with van der Waals surface area (Å²) in [5.74, 6) is 0.301. The summed E-state index contributed by atoms with van der Waals surface area (Å²) in [7, 11) is 3.24. The van der Waals surface area contributed by atoms with Gasteiger partial charge < -0.3 is 14.6 Å². The number of halogens is 1. The molecule has 0 aromatic heterocycles. The Hall–Kier alpha value is -2.24. The lowest BCUT2D eigenvalue weighted by Crippen LogP contribution is -2.41. The first-order valence-corrected chi connectivity index (χ1v) is 9.35. The van der Waals surface area contributed by atoms with Gasteiger partial charge in [-0.05, 0) is 49.2 Å². The molecule has 0 saturated carbocycles. The molecule has 0 aliphatic carbocycles. The van der Waals surface area contributed by atoms with E-state index >= 15 is 0 Å². The Kier molecular flexibility index (Phi) is 6.24. The number of hydrogen-bond donors (Lipinski definition) is 1. The zero-order chi connectivity index (χ0) is 19.4. The van der Waals surface area contributed by atoms with Gasteiger partial charge in [-0.1, -0.05) is 23.7 Å². The molecular weight excluding hydrogens is 366 g/mol. The second-order valence-electron chi connectivity index (χ2n) is 6.74. The normalized spacial score (nSPS) is 18.7. The molecule has 3 rings (SSSR count). The Morgan fingerprint density at radius 2 is 2.04 bits per heavy atom. The summed E-state index contributed by atoms with van der Waals surface area (Å²) in [6.07, 6.45) is 1.54. The van der Waals surface area contributed by atoms with E-state index in [2.05, 4.69) is 4.90 Å². The summed E-state index contributed by atoms with van der Waals surface area (Å²) in [5.41, 5.74) is 1.98. The third-order valence-corrected chi connectivity index (χ3v) is 5.30. The lowest BCUT2D eigenvalue weighted by molar-refractivity contribution is -0.143. The van der Waals surface area contributed by atoms with Gasteiger partial charge in [-0.25, -0.2) is 0 Å². The summed E-state index contributed by atoms with van der Waals surface area (Å²) in [6, 6.07) is 13.3. The molecule has 0 radical (unpaired) electrons. The number of hydrogen-bond acceptors (Lipinski definition) is 4. The van der Waals surface area contributed by atoms with Gasteiger partial charge in [-0.2, -0.15) is 0 Å². The summed E-state index contributed by atoms with van der Waals surface area (Å²) >= 11 is 6.25. The van der Waals surface area contributed by atoms with E-state index in [0.717, 1.165) is 24.1 Å². The van der Waals surface area contributed by atoms with Gasteiger partial charge >= 0.3 is 5.97 Å². The number of carbonyl (C=O) groups is 1. The first-order chi connectivity index (χ1) is 13.0. The smallest absolute Gasteiger partial charge is 0.307 e. The third-order valence-electron chi connectivity index (χ3n) is 5.07. The summed E-state index contributed by atoms with van der Waals surface area (Å²) < 4.78 is 10.9. The van der Waals surface area contributed by atoms with Crippen molar-refractivity contribution in [3.63, 3.8) is 0 Å². The number of rotatable bonds is 6. The standard InChI is InChI=1S/C21H24ClNO4/c1-26-17-8-9-18(19(12-17)27-2)20(14-5-3-7-16(22)11-14)23-10-4-6-15(13-23)21(24)25/h3,5,7-9,11-12,15,20H,4,6,10,13H2,1-2H3,(H,24,25). The second kappa shape index (κ2) is 8.63. The number of likely N-dealkylation sites (tertiary alicyclic amines) is 1. The summed E-state index contributed by atoms with van der Waals surface area (Å²) in [6.45, 7) is 1.30. The molecule has 2 aromatic rings. The van der Waals surface area contributed by atoms with Gasteiger partial charge in [0.25, 0.3) is 0 Å². The van der Waals surface area contributed by atoms with Crippen LogP contribution in [0.2, 0.25) is 5.02 Å². The average Bonchev–Trinajstić information content (AvgIpc) is 2.68. The number of ether oxygens (including phenoxy) is 2. The minimum absolute atomic E-state index is 0.147. The number of methoxy groups -OCH3 is 2. The first kappa shape index (κ1) is 19.5. The van der Waals surface area contributed by atoms with E-state index < -0.39 is 5.97 Å². The quantitative estimate of drug-likeness (QED) is 0.800. The van der Waals surface area contributed by atoms with Crippen molar-refractivity contribution in [1.29, 1.82) is 0 Å². The van der Waals surface area contributed by atoms with Gasteiger partial charge in [0.15, 0.2) is 0 Å². The fourth-order valence-corrected chi connectivity index (χ4v) is 3.95. The van der Waals surface area contributed by atoms with Crippen LogP contribution < -0.4 is 9.47 Å². The maximum absolute atomic E-state index is 11.6. The molecule has 2 unspecified atom stereocenters. The predicted octanol–water partition coefficient (Wildman–Crippen LogP) is 4.24. The van der Waals surface area contributed by atoms with E-state index in [-0.39, 0.29) is 12.0 Å². The second-order valence-corrected chi connectivity index (χ2v) is 7.17. The van der Waals surface area contributed by atoms with Gasteiger partial charge in [0.1, 0.15) is 11.5 Å². The zero-order valence-corrected chi connectivity index (χ0v) is 16.3. The van der Waals surface area contributed by atoms with E-state index in [1.165, 1.54) is 0 Å². The Labute approximate surface area is 164 Å². The van der Waals surface area contributed by atoms with Gasteiger partial charge in [-0.3, -0.25) is 9.69 Å². The van der Waals surface area contributed by atoms with Gasteiger partial charge in [-0.15, -0.1) is 0 Å². The lowest BCUT2D eigenvalue weighted by Gasteiger charge is -2.38. The molecule has 6 heteroatoms. The zero-order valence-electron chi connectivity index (χ0n) is 15.5. The topological polar surface area (TPSA) is 59.0 Å². The van der Waals surface area contributed by atoms with E-state index in [4.69, 9.17) is 21.1 Å². The Morgan fingerprint density at radius 1 is 1.22 bits per heavy atom. The van der Waals surface area contributed by atoms with Crippen LogP contribution in [0.3, 0.4) is 0 Å². The highest BCUT2D eigenvalue weighted by atomic mass is 35.5. The molecule has 5 nitrogen and oxygen atoms in total. The number of carboxylic acid groups (broad SMARTS) is 1. The van der Waals surface area contributed by atoms with Crippen molar-refractivity contribution < 1.29 is 19.4 Å². The van der Waals surface area contributed by atoms with E-state index in [1.807, 2.05) is 42.5 Å². The molecule has 1 heterocycles. The van der Waals surface area contributed by atoms with Gasteiger partial charge in [0.05, 0.1) is 26.2 Å². The van der Waals surface area contributed by atoms with Crippen molar-refractivity contribution in [3.05, 3.63) is 58.6 Å². The molecule has 1 aliphatic heterocycles. The average molecular weight is 390 g/mol. The summed E-state index contributed by atoms with van der Waals surface area (Å²) in [5, 5.41) is 10.2. The SMILES string of the molecule is COc1ccc(C(c2cccc(Cl)c2)N2CCCC(C(=O)O)C2)c(OC)c1. The van der Waals surface area contributed by atoms with Crippen LogP contribution in [0, 0.1) is 5.92 Å². The number of aliphatic carboxylic acids is 1. The lowest BCUT2D eigenvalue weighted by atomic mass is 9.91. The van der Waals surface area contributed by atoms with Crippen LogP contribution in [0.15, 0.2) is 42.5 Å². The number of carboxylic acids is 1. The minimum Gasteiger partial charge on any atom is -0.497 e. The van der Waals surface area contributed by atoms with Crippen LogP contribution in [0.1, 0.15) is 30.0 Å². The monoisotopic (exact) mass is 389 g/mol. The molecular formula is C21H24ClNO4. The number of nitrogens with zero attached hydrogens (tertiary/aromatic N) is 1. The summed E-state index contributed by atoms with van der Waals surface area (Å²) in [4.78, 5) is 13.8. The molecule has 1 aliphatic rings. The fourth-order valence-electron chi connectivity index (χ4n) is 3.75. The molecule has 1 fully saturated rings. The van der Waals surface area contributed by atoms with E-state index in [1.54, 1.807) is 14.2 Å². The van der Waals surface area contributed by atoms with Gasteiger partial charge in [0.2, 0.25) is 0 Å². The Bertz CT molecular complexity index is 811. The first-order valence-electron chi connectivity index (χ1n) is 8.97. The molecule has 2 aromatic carbocycles. The molecule has 0 amide bonds. The van der Waals surface area contributed by atoms with Crippen molar-refractivity contribution >= 4 is 17.6 Å². The van der Waals surface area contributed by atoms with Crippen molar-refractivity contribution in [2.45, 2.75) is 18.9 Å². The Morgan fingerprint density at radius 3 is 2.70 bits per heavy atom. The van der Waals surface area contributed by atoms with Crippen LogP contribution in [0.4, 0.5) is 0 Å². The van der Waals surface area contributed by atoms with E-state index in [9.17, 15) is 9.90 Å². The van der Waals surface area contributed by atoms with Crippen LogP contribution in [0.25, 0.3) is 0 Å². The minimum atomic E-state index is -0.744. The van der Waals surface area contributed by atoms with Crippen molar-refractivity contribution in [1.82, 2.24) is 4.90 Å². The van der Waals surface area contributed by atoms with Crippen LogP contribution >= 0.6 is 11.6 Å². The highest BCUT2D eigenvalue weighted by Gasteiger charge is 2.32. The van der Waals surface area contributed by atoms with E-state index in [0.29, 0.717) is 29.5 Å². The maximum atomic E-state index is 11.6. The van der Waals surface area contributed by atoms with Crippen molar-refractivity contribution in [3.8, 4) is 11.5 Å². The van der Waals surface area contributed by atoms with Crippen molar-refractivity contribution in [2.24, 2.45) is 5.92 Å². The predicted molar refractivity (Wildman–Crippen MR) is 105 cm³/mol. The molecule has 144 valence electrons. The van der Waals surface area contributed by atoms with Crippen LogP contribution in [-0.2, 0) is 4.79 Å². The highest BCUT2D eigenvalue weighted by Crippen LogP contribution is 2.39. The van der Waals surface area contributed by atoms with Gasteiger partial charge in [0, 0.05) is 23.2 Å². The largest absolute Gasteiger partial charge is 0.497 e. The molecule has 2 atom stereocenters. The molecule has 0 spiro atoms. The maximum Gasteiger partial charge on any atom is 0.307 e. The molecule has 1 N–H and O–H groups in total. The molecule has 27 heavy (non-hydrogen) atoms. The molecule has 0 bridgehead atoms. The number of benzene rings is 2. The fraction of sp³-hybridized carbons (Fsp3) is 0.381.